The Bertz CT molecular complexity index is 585. The van der Waals surface area contributed by atoms with Crippen LogP contribution in [0.1, 0.15) is 29.7 Å². The van der Waals surface area contributed by atoms with Crippen molar-refractivity contribution < 1.29 is 14.3 Å². The molecule has 8 nitrogen and oxygen atoms in total. The van der Waals surface area contributed by atoms with Crippen LogP contribution in [0.4, 0.5) is 5.82 Å². The van der Waals surface area contributed by atoms with Crippen LogP contribution >= 0.6 is 0 Å². The normalized spacial score (nSPS) is 14.6. The predicted molar refractivity (Wildman–Crippen MR) is 89.9 cm³/mol. The van der Waals surface area contributed by atoms with Gasteiger partial charge in [-0.15, -0.1) is 0 Å². The Hall–Kier alpha value is -2.22. The van der Waals surface area contributed by atoms with Gasteiger partial charge in [0.25, 0.3) is 5.91 Å². The van der Waals surface area contributed by atoms with E-state index in [2.05, 4.69) is 15.3 Å². The first-order chi connectivity index (χ1) is 11.5. The van der Waals surface area contributed by atoms with Crippen LogP contribution in [0, 0.1) is 6.92 Å². The van der Waals surface area contributed by atoms with E-state index in [1.807, 2.05) is 0 Å². The molecule has 1 aromatic rings. The van der Waals surface area contributed by atoms with Crippen LogP contribution in [0.15, 0.2) is 6.07 Å². The molecular weight excluding hydrogens is 310 g/mol. The Morgan fingerprint density at radius 2 is 1.88 bits per heavy atom. The van der Waals surface area contributed by atoms with Gasteiger partial charge >= 0.3 is 0 Å². The molecule has 1 saturated heterocycles. The third-order valence-electron chi connectivity index (χ3n) is 3.90. The number of methoxy groups -OCH3 is 1. The van der Waals surface area contributed by atoms with E-state index in [4.69, 9.17) is 4.74 Å². The maximum absolute atomic E-state index is 12.6. The number of nitrogens with one attached hydrogen (secondary N) is 1. The first kappa shape index (κ1) is 18.1. The quantitative estimate of drug-likeness (QED) is 0.764. The molecule has 0 saturated carbocycles. The van der Waals surface area contributed by atoms with Gasteiger partial charge in [0.05, 0.1) is 0 Å². The van der Waals surface area contributed by atoms with E-state index in [-0.39, 0.29) is 11.8 Å². The molecule has 2 heterocycles. The van der Waals surface area contributed by atoms with Gasteiger partial charge < -0.3 is 19.9 Å². The second-order valence-corrected chi connectivity index (χ2v) is 5.76. The molecule has 1 aliphatic rings. The lowest BCUT2D eigenvalue weighted by molar-refractivity contribution is -0.130. The Morgan fingerprint density at radius 1 is 1.21 bits per heavy atom. The highest BCUT2D eigenvalue weighted by Gasteiger charge is 2.24. The molecule has 1 fully saturated rings. The van der Waals surface area contributed by atoms with Gasteiger partial charge in [-0.05, 0) is 13.3 Å². The monoisotopic (exact) mass is 335 g/mol. The molecule has 1 N–H and O–H groups in total. The Balaban J connectivity index is 1.99. The minimum Gasteiger partial charge on any atom is -0.385 e. The van der Waals surface area contributed by atoms with Crippen molar-refractivity contribution in [3.63, 3.8) is 0 Å². The van der Waals surface area contributed by atoms with Gasteiger partial charge in [-0.1, -0.05) is 0 Å². The third-order valence-corrected chi connectivity index (χ3v) is 3.90. The smallest absolute Gasteiger partial charge is 0.272 e. The first-order valence-electron chi connectivity index (χ1n) is 8.14. The number of amides is 2. The number of ether oxygens (including phenoxy) is 1. The molecule has 0 unspecified atom stereocenters. The van der Waals surface area contributed by atoms with E-state index < -0.39 is 0 Å². The van der Waals surface area contributed by atoms with Gasteiger partial charge in [-0.2, -0.15) is 0 Å². The zero-order chi connectivity index (χ0) is 17.5. The lowest BCUT2D eigenvalue weighted by Crippen LogP contribution is -2.50. The highest BCUT2D eigenvalue weighted by atomic mass is 16.5. The van der Waals surface area contributed by atoms with Crippen molar-refractivity contribution in [1.82, 2.24) is 19.8 Å². The van der Waals surface area contributed by atoms with Crippen LogP contribution in [0.3, 0.4) is 0 Å². The average Bonchev–Trinajstić information content (AvgIpc) is 2.57. The number of hydrogen-bond acceptors (Lipinski definition) is 6. The molecular formula is C16H25N5O3. The fourth-order valence-electron chi connectivity index (χ4n) is 2.59. The number of carbonyl (C=O) groups excluding carboxylic acids is 2. The number of piperazine rings is 1. The predicted octanol–water partition coefficient (Wildman–Crippen LogP) is 0.538. The van der Waals surface area contributed by atoms with E-state index >= 15 is 0 Å². The summed E-state index contributed by atoms with van der Waals surface area (Å²) in [6, 6.07) is 1.68. The van der Waals surface area contributed by atoms with Crippen LogP contribution < -0.4 is 5.32 Å². The number of rotatable bonds is 6. The van der Waals surface area contributed by atoms with Crippen molar-refractivity contribution in [3.05, 3.63) is 17.6 Å². The molecule has 2 rings (SSSR count). The number of carbonyl (C=O) groups is 2. The molecule has 0 aromatic carbocycles. The zero-order valence-corrected chi connectivity index (χ0v) is 14.5. The molecule has 1 aliphatic heterocycles. The summed E-state index contributed by atoms with van der Waals surface area (Å²) >= 11 is 0. The summed E-state index contributed by atoms with van der Waals surface area (Å²) in [6.45, 7) is 6.88. The zero-order valence-electron chi connectivity index (χ0n) is 14.5. The second kappa shape index (κ2) is 8.58. The highest BCUT2D eigenvalue weighted by molar-refractivity contribution is 5.93. The standard InChI is InChI=1S/C16H25N5O3/c1-12-18-14(11-15(19-12)17-5-4-10-24-3)16(23)21-8-6-20(7-9-21)13(2)22/h11H,4-10H2,1-3H3,(H,17,18,19). The van der Waals surface area contributed by atoms with Crippen LogP contribution in [-0.2, 0) is 9.53 Å². The highest BCUT2D eigenvalue weighted by Crippen LogP contribution is 2.11. The summed E-state index contributed by atoms with van der Waals surface area (Å²) in [4.78, 5) is 36.1. The lowest BCUT2D eigenvalue weighted by Gasteiger charge is -2.34. The van der Waals surface area contributed by atoms with Gasteiger partial charge in [0.2, 0.25) is 5.91 Å². The Kier molecular flexibility index (Phi) is 6.48. The van der Waals surface area contributed by atoms with Crippen molar-refractivity contribution in [3.8, 4) is 0 Å². The lowest BCUT2D eigenvalue weighted by atomic mass is 10.2. The SMILES string of the molecule is COCCCNc1cc(C(=O)N2CCN(C(C)=O)CC2)nc(C)n1. The Labute approximate surface area is 142 Å². The second-order valence-electron chi connectivity index (χ2n) is 5.76. The molecule has 0 atom stereocenters. The molecule has 0 aliphatic carbocycles. The maximum atomic E-state index is 12.6. The number of aromatic nitrogens is 2. The van der Waals surface area contributed by atoms with E-state index in [0.717, 1.165) is 13.0 Å². The Morgan fingerprint density at radius 3 is 2.50 bits per heavy atom. The number of nitrogens with zero attached hydrogens (tertiary/aromatic N) is 4. The van der Waals surface area contributed by atoms with Gasteiger partial charge in [-0.25, -0.2) is 9.97 Å². The molecule has 24 heavy (non-hydrogen) atoms. The van der Waals surface area contributed by atoms with Gasteiger partial charge in [-0.3, -0.25) is 9.59 Å². The molecule has 132 valence electrons. The minimum atomic E-state index is -0.122. The molecule has 8 heteroatoms. The van der Waals surface area contributed by atoms with E-state index in [0.29, 0.717) is 50.1 Å². The average molecular weight is 335 g/mol. The summed E-state index contributed by atoms with van der Waals surface area (Å²) < 4.78 is 5.01. The molecule has 1 aromatic heterocycles. The topological polar surface area (TPSA) is 87.7 Å². The van der Waals surface area contributed by atoms with Crippen molar-refractivity contribution in [1.29, 1.82) is 0 Å². The molecule has 0 radical (unpaired) electrons. The van der Waals surface area contributed by atoms with E-state index in [1.54, 1.807) is 36.8 Å². The largest absolute Gasteiger partial charge is 0.385 e. The van der Waals surface area contributed by atoms with Crippen LogP contribution in [0.2, 0.25) is 0 Å². The molecule has 0 bridgehead atoms. The summed E-state index contributed by atoms with van der Waals surface area (Å²) in [5, 5.41) is 3.19. The summed E-state index contributed by atoms with van der Waals surface area (Å²) in [7, 11) is 1.66. The first-order valence-corrected chi connectivity index (χ1v) is 8.14. The van der Waals surface area contributed by atoms with E-state index in [1.165, 1.54) is 0 Å². The van der Waals surface area contributed by atoms with Gasteiger partial charge in [0, 0.05) is 59.4 Å². The van der Waals surface area contributed by atoms with Crippen molar-refractivity contribution >= 4 is 17.6 Å². The minimum absolute atomic E-state index is 0.0440. The summed E-state index contributed by atoms with van der Waals surface area (Å²) in [5.41, 5.74) is 0.382. The van der Waals surface area contributed by atoms with Crippen molar-refractivity contribution in [2.45, 2.75) is 20.3 Å². The van der Waals surface area contributed by atoms with Gasteiger partial charge in [0.15, 0.2) is 0 Å². The van der Waals surface area contributed by atoms with Crippen LogP contribution in [-0.4, -0.2) is 78.0 Å². The molecule has 0 spiro atoms. The van der Waals surface area contributed by atoms with Crippen molar-refractivity contribution in [2.24, 2.45) is 0 Å². The van der Waals surface area contributed by atoms with Crippen molar-refractivity contribution in [2.75, 3.05) is 51.8 Å². The van der Waals surface area contributed by atoms with Crippen LogP contribution in [0.25, 0.3) is 0 Å². The van der Waals surface area contributed by atoms with Gasteiger partial charge in [0.1, 0.15) is 17.3 Å². The number of hydrogen-bond donors (Lipinski definition) is 1. The summed E-state index contributed by atoms with van der Waals surface area (Å²) in [6.07, 6.45) is 0.857. The number of aryl methyl sites for hydroxylation is 1. The fraction of sp³-hybridized carbons (Fsp3) is 0.625. The maximum Gasteiger partial charge on any atom is 0.272 e. The van der Waals surface area contributed by atoms with Crippen LogP contribution in [0.5, 0.6) is 0 Å². The van der Waals surface area contributed by atoms with E-state index in [9.17, 15) is 9.59 Å². The fourth-order valence-corrected chi connectivity index (χ4v) is 2.59. The number of anilines is 1. The summed E-state index contributed by atoms with van der Waals surface area (Å²) in [5.74, 6) is 1.12. The third kappa shape index (κ3) is 4.89. The molecule has 2 amide bonds.